The smallest absolute Gasteiger partial charge is 0.417 e. The van der Waals surface area contributed by atoms with Crippen LogP contribution in [0.5, 0.6) is 0 Å². The molecule has 0 aliphatic carbocycles. The van der Waals surface area contributed by atoms with Crippen LogP contribution in [0.25, 0.3) is 0 Å². The van der Waals surface area contributed by atoms with E-state index in [4.69, 9.17) is 0 Å². The van der Waals surface area contributed by atoms with Crippen LogP contribution < -0.4 is 5.32 Å². The van der Waals surface area contributed by atoms with Crippen molar-refractivity contribution >= 4 is 17.7 Å². The molecule has 11 heteroatoms. The van der Waals surface area contributed by atoms with Gasteiger partial charge in [0.2, 0.25) is 5.91 Å². The number of ether oxygens (including phenoxy) is 1. The minimum absolute atomic E-state index is 0.0747. The van der Waals surface area contributed by atoms with Gasteiger partial charge >= 0.3 is 18.3 Å². The molecule has 162 valence electrons. The standard InChI is InChI=1S/C18H19F6NO4/c1-9(2)7-13(25-10(3)26)14(27)8-29-16(28)15-11(17(19,20)21)5-4-6-12(15)18(22,23)24/h4-6,9,13H,7-8H2,1-3H3,(H,25,26). The van der Waals surface area contributed by atoms with Gasteiger partial charge in [-0.25, -0.2) is 4.79 Å². The monoisotopic (exact) mass is 427 g/mol. The van der Waals surface area contributed by atoms with Crippen LogP contribution in [0, 0.1) is 5.92 Å². The Hall–Kier alpha value is -2.59. The molecule has 0 bridgehead atoms. The lowest BCUT2D eigenvalue weighted by molar-refractivity contribution is -0.144. The summed E-state index contributed by atoms with van der Waals surface area (Å²) in [6.07, 6.45) is -10.4. The van der Waals surface area contributed by atoms with Gasteiger partial charge in [0.1, 0.15) is 0 Å². The number of benzene rings is 1. The highest BCUT2D eigenvalue weighted by atomic mass is 19.4. The van der Waals surface area contributed by atoms with Crippen molar-refractivity contribution < 1.29 is 45.5 Å². The molecule has 1 N–H and O–H groups in total. The number of Topliss-reactive ketones (excluding diaryl/α,β-unsaturated/α-hetero) is 1. The van der Waals surface area contributed by atoms with Crippen molar-refractivity contribution in [3.63, 3.8) is 0 Å². The Balaban J connectivity index is 3.16. The molecule has 1 amide bonds. The van der Waals surface area contributed by atoms with E-state index in [-0.39, 0.29) is 12.3 Å². The van der Waals surface area contributed by atoms with Crippen molar-refractivity contribution in [2.45, 2.75) is 45.6 Å². The van der Waals surface area contributed by atoms with Gasteiger partial charge in [-0.1, -0.05) is 19.9 Å². The lowest BCUT2D eigenvalue weighted by atomic mass is 9.99. The maximum atomic E-state index is 13.1. The van der Waals surface area contributed by atoms with E-state index in [0.717, 1.165) is 6.92 Å². The molecule has 1 unspecified atom stereocenters. The zero-order chi connectivity index (χ0) is 22.6. The van der Waals surface area contributed by atoms with Crippen LogP contribution in [0.15, 0.2) is 18.2 Å². The van der Waals surface area contributed by atoms with Gasteiger partial charge < -0.3 is 10.1 Å². The number of esters is 1. The van der Waals surface area contributed by atoms with Crippen LogP contribution in [-0.2, 0) is 26.7 Å². The lowest BCUT2D eigenvalue weighted by Crippen LogP contribution is -2.42. The largest absolute Gasteiger partial charge is 0.454 e. The van der Waals surface area contributed by atoms with Gasteiger partial charge in [0, 0.05) is 6.92 Å². The van der Waals surface area contributed by atoms with E-state index in [1.807, 2.05) is 0 Å². The highest BCUT2D eigenvalue weighted by Gasteiger charge is 2.43. The van der Waals surface area contributed by atoms with E-state index in [2.05, 4.69) is 10.1 Å². The molecule has 0 saturated carbocycles. The van der Waals surface area contributed by atoms with Crippen LogP contribution in [0.4, 0.5) is 26.3 Å². The zero-order valence-electron chi connectivity index (χ0n) is 15.7. The summed E-state index contributed by atoms with van der Waals surface area (Å²) in [5.74, 6) is -3.45. The number of hydrogen-bond donors (Lipinski definition) is 1. The molecule has 1 aromatic rings. The quantitative estimate of drug-likeness (QED) is 0.528. The normalized spacial score (nSPS) is 13.2. The molecule has 1 atom stereocenters. The van der Waals surface area contributed by atoms with Crippen molar-refractivity contribution in [3.05, 3.63) is 34.9 Å². The number of carbonyl (C=O) groups is 3. The molecule has 0 aliphatic heterocycles. The Kier molecular flexibility index (Phi) is 7.82. The second-order valence-electron chi connectivity index (χ2n) is 6.65. The minimum Gasteiger partial charge on any atom is -0.454 e. The van der Waals surface area contributed by atoms with Gasteiger partial charge in [-0.15, -0.1) is 0 Å². The molecule has 0 radical (unpaired) electrons. The lowest BCUT2D eigenvalue weighted by Gasteiger charge is -2.20. The van der Waals surface area contributed by atoms with E-state index in [9.17, 15) is 40.7 Å². The van der Waals surface area contributed by atoms with E-state index in [1.165, 1.54) is 0 Å². The summed E-state index contributed by atoms with van der Waals surface area (Å²) in [7, 11) is 0. The number of amides is 1. The first kappa shape index (κ1) is 24.4. The average molecular weight is 427 g/mol. The molecular formula is C18H19F6NO4. The first-order chi connectivity index (χ1) is 13.1. The zero-order valence-corrected chi connectivity index (χ0v) is 15.7. The first-order valence-electron chi connectivity index (χ1n) is 8.39. The van der Waals surface area contributed by atoms with E-state index >= 15 is 0 Å². The summed E-state index contributed by atoms with van der Waals surface area (Å²) >= 11 is 0. The van der Waals surface area contributed by atoms with Gasteiger partial charge in [-0.3, -0.25) is 9.59 Å². The van der Waals surface area contributed by atoms with Gasteiger partial charge in [0.25, 0.3) is 0 Å². The maximum Gasteiger partial charge on any atom is 0.417 e. The molecule has 0 aromatic heterocycles. The average Bonchev–Trinajstić information content (AvgIpc) is 2.55. The van der Waals surface area contributed by atoms with Crippen molar-refractivity contribution in [3.8, 4) is 0 Å². The van der Waals surface area contributed by atoms with Crippen LogP contribution in [0.2, 0.25) is 0 Å². The number of nitrogens with one attached hydrogen (secondary N) is 1. The van der Waals surface area contributed by atoms with Gasteiger partial charge in [0.05, 0.1) is 22.7 Å². The number of halogens is 6. The Labute approximate surface area is 162 Å². The molecule has 0 spiro atoms. The third-order valence-electron chi connectivity index (χ3n) is 3.70. The number of carbonyl (C=O) groups excluding carboxylic acids is 3. The second kappa shape index (κ2) is 9.27. The number of hydrogen-bond acceptors (Lipinski definition) is 4. The summed E-state index contributed by atoms with van der Waals surface area (Å²) in [4.78, 5) is 35.5. The molecule has 1 rings (SSSR count). The molecular weight excluding hydrogens is 408 g/mol. The molecule has 0 saturated heterocycles. The third kappa shape index (κ3) is 7.06. The summed E-state index contributed by atoms with van der Waals surface area (Å²) in [5.41, 5.74) is -5.38. The first-order valence-corrected chi connectivity index (χ1v) is 8.39. The van der Waals surface area contributed by atoms with Crippen molar-refractivity contribution in [2.75, 3.05) is 6.61 Å². The van der Waals surface area contributed by atoms with E-state index in [0.29, 0.717) is 18.2 Å². The Bertz CT molecular complexity index is 738. The Morgan fingerprint density at radius 3 is 1.86 bits per heavy atom. The minimum atomic E-state index is -5.25. The van der Waals surface area contributed by atoms with E-state index < -0.39 is 59.4 Å². The summed E-state index contributed by atoms with van der Waals surface area (Å²) in [5, 5.41) is 2.31. The molecule has 0 heterocycles. The predicted octanol–water partition coefficient (Wildman–Crippen LogP) is 4.00. The van der Waals surface area contributed by atoms with Gasteiger partial charge in [0.15, 0.2) is 12.4 Å². The Morgan fingerprint density at radius 1 is 1.00 bits per heavy atom. The fraction of sp³-hybridized carbons (Fsp3) is 0.500. The maximum absolute atomic E-state index is 13.1. The van der Waals surface area contributed by atoms with Crippen LogP contribution in [0.3, 0.4) is 0 Å². The number of ketones is 1. The molecule has 1 aromatic carbocycles. The molecule has 0 aliphatic rings. The Morgan fingerprint density at radius 2 is 1.48 bits per heavy atom. The van der Waals surface area contributed by atoms with Crippen LogP contribution in [-0.4, -0.2) is 30.3 Å². The highest BCUT2D eigenvalue weighted by Crippen LogP contribution is 2.39. The van der Waals surface area contributed by atoms with Crippen LogP contribution in [0.1, 0.15) is 48.7 Å². The van der Waals surface area contributed by atoms with Crippen molar-refractivity contribution in [1.29, 1.82) is 0 Å². The fourth-order valence-electron chi connectivity index (χ4n) is 2.54. The second-order valence-corrected chi connectivity index (χ2v) is 6.65. The van der Waals surface area contributed by atoms with Crippen molar-refractivity contribution in [1.82, 2.24) is 5.32 Å². The molecule has 0 fully saturated rings. The number of alkyl halides is 6. The van der Waals surface area contributed by atoms with Gasteiger partial charge in [-0.2, -0.15) is 26.3 Å². The topological polar surface area (TPSA) is 72.5 Å². The van der Waals surface area contributed by atoms with E-state index in [1.54, 1.807) is 13.8 Å². The van der Waals surface area contributed by atoms with Gasteiger partial charge in [-0.05, 0) is 24.5 Å². The van der Waals surface area contributed by atoms with Crippen molar-refractivity contribution in [2.24, 2.45) is 5.92 Å². The number of rotatable bonds is 7. The SMILES string of the molecule is CC(=O)NC(CC(C)C)C(=O)COC(=O)c1c(C(F)(F)F)cccc1C(F)(F)F. The summed E-state index contributed by atoms with van der Waals surface area (Å²) < 4.78 is 83.1. The third-order valence-corrected chi connectivity index (χ3v) is 3.70. The summed E-state index contributed by atoms with van der Waals surface area (Å²) in [6.45, 7) is 3.48. The molecule has 5 nitrogen and oxygen atoms in total. The fourth-order valence-corrected chi connectivity index (χ4v) is 2.54. The summed E-state index contributed by atoms with van der Waals surface area (Å²) in [6, 6.07) is 0.0440. The molecule has 29 heavy (non-hydrogen) atoms. The predicted molar refractivity (Wildman–Crippen MR) is 88.8 cm³/mol. The van der Waals surface area contributed by atoms with Crippen LogP contribution >= 0.6 is 0 Å². The highest BCUT2D eigenvalue weighted by molar-refractivity contribution is 5.96.